The van der Waals surface area contributed by atoms with E-state index in [0.717, 1.165) is 0 Å². The molecule has 1 aromatic heterocycles. The van der Waals surface area contributed by atoms with E-state index >= 15 is 0 Å². The first-order valence-corrected chi connectivity index (χ1v) is 3.35. The minimum atomic E-state index is -0.555. The zero-order valence-electron chi connectivity index (χ0n) is 5.87. The molecule has 0 bridgehead atoms. The quantitative estimate of drug-likeness (QED) is 0.586. The van der Waals surface area contributed by atoms with Crippen LogP contribution in [0.5, 0.6) is 0 Å². The van der Waals surface area contributed by atoms with Gasteiger partial charge in [0.25, 0.3) is 5.24 Å². The largest absolute Gasteiger partial charge is 0.318 e. The van der Waals surface area contributed by atoms with Crippen LogP contribution in [0.15, 0.2) is 23.1 Å². The molecule has 0 aliphatic rings. The van der Waals surface area contributed by atoms with Gasteiger partial charge in [0.2, 0.25) is 5.56 Å². The van der Waals surface area contributed by atoms with Crippen molar-refractivity contribution in [1.29, 1.82) is 0 Å². The zero-order chi connectivity index (χ0) is 8.43. The predicted molar refractivity (Wildman–Crippen MR) is 41.9 cm³/mol. The fourth-order valence-electron chi connectivity index (χ4n) is 0.710. The van der Waals surface area contributed by atoms with Crippen molar-refractivity contribution in [1.82, 2.24) is 4.57 Å². The van der Waals surface area contributed by atoms with Crippen LogP contribution in [0.25, 0.3) is 0 Å². The lowest BCUT2D eigenvalue weighted by atomic mass is 10.3. The number of aromatic nitrogens is 1. The van der Waals surface area contributed by atoms with Crippen LogP contribution in [0.1, 0.15) is 10.4 Å². The molecule has 0 spiro atoms. The Balaban J connectivity index is 3.26. The lowest BCUT2D eigenvalue weighted by Gasteiger charge is -1.96. The van der Waals surface area contributed by atoms with Gasteiger partial charge in [-0.1, -0.05) is 0 Å². The van der Waals surface area contributed by atoms with E-state index in [0.29, 0.717) is 5.56 Å². The summed E-state index contributed by atoms with van der Waals surface area (Å²) in [6.45, 7) is 0. The third-order valence-corrected chi connectivity index (χ3v) is 1.53. The second-order valence-corrected chi connectivity index (χ2v) is 2.48. The Morgan fingerprint density at radius 3 is 2.64 bits per heavy atom. The average molecular weight is 172 g/mol. The van der Waals surface area contributed by atoms with Crippen molar-refractivity contribution in [2.75, 3.05) is 0 Å². The highest BCUT2D eigenvalue weighted by molar-refractivity contribution is 6.67. The molecule has 0 unspecified atom stereocenters. The number of aryl methyl sites for hydroxylation is 1. The summed E-state index contributed by atoms with van der Waals surface area (Å²) in [5.74, 6) is 0. The lowest BCUT2D eigenvalue weighted by molar-refractivity contribution is 0.108. The van der Waals surface area contributed by atoms with Gasteiger partial charge in [-0.15, -0.1) is 0 Å². The first-order valence-electron chi connectivity index (χ1n) is 2.98. The Labute approximate surface area is 68.2 Å². The van der Waals surface area contributed by atoms with Gasteiger partial charge in [-0.3, -0.25) is 9.59 Å². The second-order valence-electron chi connectivity index (χ2n) is 2.14. The number of hydrogen-bond donors (Lipinski definition) is 0. The van der Waals surface area contributed by atoms with Crippen molar-refractivity contribution in [2.45, 2.75) is 0 Å². The molecule has 11 heavy (non-hydrogen) atoms. The fraction of sp³-hybridized carbons (Fsp3) is 0.143. The van der Waals surface area contributed by atoms with Crippen molar-refractivity contribution < 1.29 is 4.79 Å². The molecule has 0 radical (unpaired) electrons. The van der Waals surface area contributed by atoms with Crippen LogP contribution >= 0.6 is 11.6 Å². The van der Waals surface area contributed by atoms with E-state index in [9.17, 15) is 9.59 Å². The summed E-state index contributed by atoms with van der Waals surface area (Å²) in [4.78, 5) is 21.4. The van der Waals surface area contributed by atoms with E-state index in [1.165, 1.54) is 22.9 Å². The van der Waals surface area contributed by atoms with E-state index in [1.807, 2.05) is 0 Å². The Hall–Kier alpha value is -1.09. The van der Waals surface area contributed by atoms with Gasteiger partial charge < -0.3 is 4.57 Å². The van der Waals surface area contributed by atoms with E-state index in [-0.39, 0.29) is 5.56 Å². The van der Waals surface area contributed by atoms with Gasteiger partial charge in [-0.25, -0.2) is 0 Å². The zero-order valence-corrected chi connectivity index (χ0v) is 6.63. The molecule has 1 rings (SSSR count). The maximum atomic E-state index is 10.8. The van der Waals surface area contributed by atoms with E-state index < -0.39 is 5.24 Å². The molecule has 0 fully saturated rings. The summed E-state index contributed by atoms with van der Waals surface area (Å²) >= 11 is 5.17. The molecule has 0 saturated heterocycles. The molecule has 3 nitrogen and oxygen atoms in total. The van der Waals surface area contributed by atoms with Gasteiger partial charge in [-0.2, -0.15) is 0 Å². The topological polar surface area (TPSA) is 39.1 Å². The first kappa shape index (κ1) is 8.01. The van der Waals surface area contributed by atoms with Crippen LogP contribution in [-0.4, -0.2) is 9.81 Å². The number of pyridine rings is 1. The van der Waals surface area contributed by atoms with Gasteiger partial charge in [0.15, 0.2) is 0 Å². The van der Waals surface area contributed by atoms with Crippen LogP contribution in [0.2, 0.25) is 0 Å². The molecule has 0 aromatic carbocycles. The fourth-order valence-corrected chi connectivity index (χ4v) is 0.822. The van der Waals surface area contributed by atoms with Crippen LogP contribution < -0.4 is 5.56 Å². The highest BCUT2D eigenvalue weighted by Crippen LogP contribution is 1.98. The molecule has 0 N–H and O–H groups in total. The molecular formula is C7H6ClNO2. The van der Waals surface area contributed by atoms with Crippen molar-refractivity contribution in [3.05, 3.63) is 34.2 Å². The Morgan fingerprint density at radius 1 is 1.55 bits per heavy atom. The summed E-state index contributed by atoms with van der Waals surface area (Å²) in [5, 5.41) is -0.555. The molecule has 0 atom stereocenters. The molecule has 1 aromatic rings. The molecule has 1 heterocycles. The lowest BCUT2D eigenvalue weighted by Crippen LogP contribution is -2.15. The van der Waals surface area contributed by atoms with Crippen LogP contribution in [0, 0.1) is 0 Å². The van der Waals surface area contributed by atoms with Crippen LogP contribution in [0.4, 0.5) is 0 Å². The second kappa shape index (κ2) is 2.88. The number of carbonyl (C=O) groups excluding carboxylic acids is 1. The first-order chi connectivity index (χ1) is 5.11. The van der Waals surface area contributed by atoms with Gasteiger partial charge in [-0.05, 0) is 17.7 Å². The van der Waals surface area contributed by atoms with E-state index in [2.05, 4.69) is 0 Å². The van der Waals surface area contributed by atoms with Crippen LogP contribution in [-0.2, 0) is 7.05 Å². The molecule has 58 valence electrons. The summed E-state index contributed by atoms with van der Waals surface area (Å²) < 4.78 is 1.30. The third kappa shape index (κ3) is 1.68. The maximum Gasteiger partial charge on any atom is 0.253 e. The molecule has 0 saturated carbocycles. The highest BCUT2D eigenvalue weighted by atomic mass is 35.5. The smallest absolute Gasteiger partial charge is 0.253 e. The SMILES string of the molecule is Cn1cc(C(=O)Cl)ccc1=O. The van der Waals surface area contributed by atoms with Crippen LogP contribution in [0.3, 0.4) is 0 Å². The number of carbonyl (C=O) groups is 1. The van der Waals surface area contributed by atoms with E-state index in [4.69, 9.17) is 11.6 Å². The monoisotopic (exact) mass is 171 g/mol. The summed E-state index contributed by atoms with van der Waals surface area (Å²) in [5.41, 5.74) is 0.167. The van der Waals surface area contributed by atoms with Crippen molar-refractivity contribution in [2.24, 2.45) is 7.05 Å². The number of hydrogen-bond acceptors (Lipinski definition) is 2. The van der Waals surface area contributed by atoms with Crippen molar-refractivity contribution >= 4 is 16.8 Å². The molecule has 4 heteroatoms. The normalized spacial score (nSPS) is 9.64. The van der Waals surface area contributed by atoms with Gasteiger partial charge in [0, 0.05) is 19.3 Å². The van der Waals surface area contributed by atoms with Gasteiger partial charge in [0.1, 0.15) is 0 Å². The number of nitrogens with zero attached hydrogens (tertiary/aromatic N) is 1. The molecule has 0 aliphatic carbocycles. The average Bonchev–Trinajstić information content (AvgIpc) is 1.94. The van der Waals surface area contributed by atoms with E-state index in [1.54, 1.807) is 7.05 Å². The van der Waals surface area contributed by atoms with Gasteiger partial charge in [0.05, 0.1) is 5.56 Å². The third-order valence-electron chi connectivity index (χ3n) is 1.31. The Morgan fingerprint density at radius 2 is 2.18 bits per heavy atom. The standard InChI is InChI=1S/C7H6ClNO2/c1-9-4-5(7(8)11)2-3-6(9)10/h2-4H,1H3. The summed E-state index contributed by atoms with van der Waals surface area (Å²) in [7, 11) is 1.56. The Bertz CT molecular complexity index is 343. The summed E-state index contributed by atoms with van der Waals surface area (Å²) in [6.07, 6.45) is 1.40. The Kier molecular flexibility index (Phi) is 2.10. The molecule has 0 aliphatic heterocycles. The molecular weight excluding hydrogens is 166 g/mol. The number of halogens is 1. The minimum absolute atomic E-state index is 0.160. The maximum absolute atomic E-state index is 10.8. The van der Waals surface area contributed by atoms with Gasteiger partial charge >= 0.3 is 0 Å². The molecule has 0 amide bonds. The summed E-state index contributed by atoms with van der Waals surface area (Å²) in [6, 6.07) is 2.70. The van der Waals surface area contributed by atoms with Crippen molar-refractivity contribution in [3.8, 4) is 0 Å². The van der Waals surface area contributed by atoms with Crippen molar-refractivity contribution in [3.63, 3.8) is 0 Å². The minimum Gasteiger partial charge on any atom is -0.318 e. The number of rotatable bonds is 1. The highest BCUT2D eigenvalue weighted by Gasteiger charge is 2.00. The predicted octanol–water partition coefficient (Wildman–Crippen LogP) is 0.764.